The number of allylic oxidation sites excluding steroid dienone is 4. The standard InChI is InChI=1S/C31H34F2N6/c1-5-23(19-39-12-10-31(32,33)20-39)14-24(6-2)29-15-25(27(34)17-37-29)13-21(3)38-30-18-35-16-26(22(30)4)28-9-7-8-11-36-28/h5-9,11,14-18,38H,1,3,10,12-13,19-20,34H2,2,4H3/b23-14+,24-6+. The fourth-order valence-corrected chi connectivity index (χ4v) is 4.59. The molecule has 0 unspecified atom stereocenters. The fraction of sp³-hybridized carbons (Fsp3) is 0.258. The first-order chi connectivity index (χ1) is 18.7. The topological polar surface area (TPSA) is 80.0 Å². The van der Waals surface area contributed by atoms with Gasteiger partial charge in [-0.2, -0.15) is 0 Å². The van der Waals surface area contributed by atoms with Gasteiger partial charge in [-0.1, -0.05) is 31.4 Å². The van der Waals surface area contributed by atoms with E-state index in [2.05, 4.69) is 33.4 Å². The zero-order valence-corrected chi connectivity index (χ0v) is 22.4. The fourth-order valence-electron chi connectivity index (χ4n) is 4.59. The SMILES string of the molecule is C=C/C(=C\C(=C/C)c1cc(CC(=C)Nc2cncc(-c3ccccn3)c2C)c(N)cn1)CN1CCC(F)(F)C1. The second kappa shape index (κ2) is 12.1. The van der Waals surface area contributed by atoms with Crippen molar-refractivity contribution in [1.29, 1.82) is 0 Å². The van der Waals surface area contributed by atoms with Crippen LogP contribution in [0.2, 0.25) is 0 Å². The van der Waals surface area contributed by atoms with Crippen molar-refractivity contribution >= 4 is 16.9 Å². The van der Waals surface area contributed by atoms with Gasteiger partial charge in [0.05, 0.1) is 41.7 Å². The van der Waals surface area contributed by atoms with Crippen LogP contribution in [0.15, 0.2) is 91.7 Å². The number of nitrogens with two attached hydrogens (primary N) is 1. The molecule has 3 aromatic rings. The summed E-state index contributed by atoms with van der Waals surface area (Å²) >= 11 is 0. The summed E-state index contributed by atoms with van der Waals surface area (Å²) in [5, 5.41) is 3.38. The summed E-state index contributed by atoms with van der Waals surface area (Å²) in [5.74, 6) is -2.63. The molecular weight excluding hydrogens is 494 g/mol. The number of hydrogen-bond donors (Lipinski definition) is 2. The molecule has 0 amide bonds. The average Bonchev–Trinajstić information content (AvgIpc) is 3.27. The second-order valence-corrected chi connectivity index (χ2v) is 9.73. The van der Waals surface area contributed by atoms with Crippen molar-refractivity contribution in [2.45, 2.75) is 32.6 Å². The van der Waals surface area contributed by atoms with Crippen molar-refractivity contribution in [1.82, 2.24) is 19.9 Å². The summed E-state index contributed by atoms with van der Waals surface area (Å²) in [6.07, 6.45) is 12.9. The van der Waals surface area contributed by atoms with Gasteiger partial charge in [0.2, 0.25) is 0 Å². The van der Waals surface area contributed by atoms with Gasteiger partial charge in [0.1, 0.15) is 0 Å². The number of hydrogen-bond acceptors (Lipinski definition) is 6. The molecule has 3 aromatic heterocycles. The zero-order valence-electron chi connectivity index (χ0n) is 22.4. The lowest BCUT2D eigenvalue weighted by Crippen LogP contribution is -2.26. The number of halogens is 2. The number of nitrogens with one attached hydrogen (secondary N) is 1. The Kier molecular flexibility index (Phi) is 8.66. The summed E-state index contributed by atoms with van der Waals surface area (Å²) in [4.78, 5) is 15.1. The van der Waals surface area contributed by atoms with Crippen LogP contribution < -0.4 is 11.1 Å². The lowest BCUT2D eigenvalue weighted by molar-refractivity contribution is 0.0131. The number of rotatable bonds is 10. The van der Waals surface area contributed by atoms with E-state index < -0.39 is 5.92 Å². The molecule has 1 aliphatic rings. The van der Waals surface area contributed by atoms with Gasteiger partial charge in [0, 0.05) is 49.6 Å². The van der Waals surface area contributed by atoms with E-state index in [4.69, 9.17) is 5.73 Å². The highest BCUT2D eigenvalue weighted by molar-refractivity contribution is 5.74. The lowest BCUT2D eigenvalue weighted by atomic mass is 10.0. The van der Waals surface area contributed by atoms with E-state index in [1.807, 2.05) is 50.3 Å². The van der Waals surface area contributed by atoms with Crippen LogP contribution in [0.1, 0.15) is 30.2 Å². The molecule has 4 rings (SSSR count). The minimum absolute atomic E-state index is 0.113. The summed E-state index contributed by atoms with van der Waals surface area (Å²) < 4.78 is 27.3. The monoisotopic (exact) mass is 528 g/mol. The van der Waals surface area contributed by atoms with Crippen LogP contribution in [0.4, 0.5) is 20.2 Å². The van der Waals surface area contributed by atoms with E-state index in [1.165, 1.54) is 0 Å². The van der Waals surface area contributed by atoms with Crippen molar-refractivity contribution in [3.63, 3.8) is 0 Å². The van der Waals surface area contributed by atoms with Gasteiger partial charge >= 0.3 is 0 Å². The van der Waals surface area contributed by atoms with Gasteiger partial charge in [0.15, 0.2) is 0 Å². The van der Waals surface area contributed by atoms with E-state index in [-0.39, 0.29) is 13.0 Å². The highest BCUT2D eigenvalue weighted by Crippen LogP contribution is 2.29. The molecule has 4 heterocycles. The first kappa shape index (κ1) is 27.9. The number of nitrogen functional groups attached to an aromatic ring is 1. The van der Waals surface area contributed by atoms with Gasteiger partial charge in [0.25, 0.3) is 5.92 Å². The predicted molar refractivity (Wildman–Crippen MR) is 155 cm³/mol. The molecule has 0 aromatic carbocycles. The molecule has 1 saturated heterocycles. The van der Waals surface area contributed by atoms with Crippen molar-refractivity contribution in [2.24, 2.45) is 0 Å². The third-order valence-electron chi connectivity index (χ3n) is 6.76. The Bertz CT molecular complexity index is 1410. The highest BCUT2D eigenvalue weighted by atomic mass is 19.3. The van der Waals surface area contributed by atoms with Crippen LogP contribution in [0.3, 0.4) is 0 Å². The van der Waals surface area contributed by atoms with Crippen LogP contribution in [-0.2, 0) is 6.42 Å². The van der Waals surface area contributed by atoms with Gasteiger partial charge in [-0.05, 0) is 60.4 Å². The normalized spacial score (nSPS) is 15.8. The molecule has 39 heavy (non-hydrogen) atoms. The van der Waals surface area contributed by atoms with Crippen LogP contribution in [-0.4, -0.2) is 45.4 Å². The maximum Gasteiger partial charge on any atom is 0.261 e. The van der Waals surface area contributed by atoms with Gasteiger partial charge < -0.3 is 11.1 Å². The molecule has 6 nitrogen and oxygen atoms in total. The second-order valence-electron chi connectivity index (χ2n) is 9.73. The maximum absolute atomic E-state index is 13.6. The Morgan fingerprint density at radius 1 is 1.23 bits per heavy atom. The summed E-state index contributed by atoms with van der Waals surface area (Å²) in [6, 6.07) is 7.72. The van der Waals surface area contributed by atoms with E-state index in [0.29, 0.717) is 25.2 Å². The smallest absolute Gasteiger partial charge is 0.261 e. The minimum Gasteiger partial charge on any atom is -0.397 e. The number of anilines is 2. The van der Waals surface area contributed by atoms with Gasteiger partial charge in [-0.3, -0.25) is 19.9 Å². The first-order valence-corrected chi connectivity index (χ1v) is 12.8. The van der Waals surface area contributed by atoms with Crippen molar-refractivity contribution in [2.75, 3.05) is 30.7 Å². The summed E-state index contributed by atoms with van der Waals surface area (Å²) in [6.45, 7) is 12.6. The Morgan fingerprint density at radius 2 is 2.05 bits per heavy atom. The molecule has 0 radical (unpaired) electrons. The lowest BCUT2D eigenvalue weighted by Gasteiger charge is -2.17. The molecular formula is C31H34F2N6. The molecule has 1 aliphatic heterocycles. The predicted octanol–water partition coefficient (Wildman–Crippen LogP) is 6.45. The Balaban J connectivity index is 1.49. The van der Waals surface area contributed by atoms with Crippen molar-refractivity contribution in [3.8, 4) is 11.3 Å². The molecule has 0 aliphatic carbocycles. The molecule has 3 N–H and O–H groups in total. The number of alkyl halides is 2. The van der Waals surface area contributed by atoms with Crippen molar-refractivity contribution < 1.29 is 8.78 Å². The Hall–Kier alpha value is -4.17. The molecule has 1 fully saturated rings. The largest absolute Gasteiger partial charge is 0.397 e. The third kappa shape index (κ3) is 7.03. The Labute approximate surface area is 228 Å². The van der Waals surface area contributed by atoms with Crippen LogP contribution in [0.25, 0.3) is 16.8 Å². The summed E-state index contributed by atoms with van der Waals surface area (Å²) in [7, 11) is 0. The first-order valence-electron chi connectivity index (χ1n) is 12.8. The molecule has 0 saturated carbocycles. The molecule has 0 bridgehead atoms. The average molecular weight is 529 g/mol. The molecule has 0 atom stereocenters. The minimum atomic E-state index is -2.63. The van der Waals surface area contributed by atoms with E-state index in [9.17, 15) is 8.78 Å². The number of aromatic nitrogens is 3. The Morgan fingerprint density at radius 3 is 2.72 bits per heavy atom. The van der Waals surface area contributed by atoms with E-state index in [0.717, 1.165) is 50.6 Å². The number of likely N-dealkylation sites (tertiary alicyclic amines) is 1. The zero-order chi connectivity index (χ0) is 28.0. The molecule has 202 valence electrons. The van der Waals surface area contributed by atoms with Gasteiger partial charge in [-0.15, -0.1) is 0 Å². The quantitative estimate of drug-likeness (QED) is 0.294. The van der Waals surface area contributed by atoms with Crippen LogP contribution >= 0.6 is 0 Å². The molecule has 0 spiro atoms. The maximum atomic E-state index is 13.6. The number of nitrogens with zero attached hydrogens (tertiary/aromatic N) is 4. The van der Waals surface area contributed by atoms with E-state index in [1.54, 1.807) is 35.8 Å². The van der Waals surface area contributed by atoms with Crippen LogP contribution in [0, 0.1) is 6.92 Å². The van der Waals surface area contributed by atoms with Gasteiger partial charge in [-0.25, -0.2) is 8.78 Å². The summed E-state index contributed by atoms with van der Waals surface area (Å²) in [5.41, 5.74) is 14.6. The molecule has 8 heteroatoms. The highest BCUT2D eigenvalue weighted by Gasteiger charge is 2.37. The van der Waals surface area contributed by atoms with E-state index >= 15 is 0 Å². The third-order valence-corrected chi connectivity index (χ3v) is 6.76. The number of pyridine rings is 3. The van der Waals surface area contributed by atoms with Crippen molar-refractivity contribution in [3.05, 3.63) is 109 Å². The van der Waals surface area contributed by atoms with Crippen LogP contribution in [0.5, 0.6) is 0 Å².